The van der Waals surface area contributed by atoms with Gasteiger partial charge in [0, 0.05) is 6.54 Å². The summed E-state index contributed by atoms with van der Waals surface area (Å²) in [5, 5.41) is 2.11. The maximum atomic E-state index is 13.8. The average molecular weight is 426 g/mol. The van der Waals surface area contributed by atoms with Gasteiger partial charge >= 0.3 is 0 Å². The van der Waals surface area contributed by atoms with E-state index in [2.05, 4.69) is 5.32 Å². The highest BCUT2D eigenvalue weighted by Gasteiger charge is 2.28. The highest BCUT2D eigenvalue weighted by atomic mass is 32.2. The average Bonchev–Trinajstić information content (AvgIpc) is 3.16. The van der Waals surface area contributed by atoms with Crippen LogP contribution < -0.4 is 5.32 Å². The summed E-state index contributed by atoms with van der Waals surface area (Å²) in [6.07, 6.45) is 3.15. The van der Waals surface area contributed by atoms with Crippen LogP contribution in [0.5, 0.6) is 0 Å². The second kappa shape index (κ2) is 8.54. The van der Waals surface area contributed by atoms with Gasteiger partial charge < -0.3 is 5.32 Å². The topological polar surface area (TPSA) is 66.5 Å². The van der Waals surface area contributed by atoms with Gasteiger partial charge in [-0.15, -0.1) is 0 Å². The molecule has 0 saturated carbocycles. The summed E-state index contributed by atoms with van der Waals surface area (Å²) in [6.45, 7) is 1.26. The fourth-order valence-electron chi connectivity index (χ4n) is 3.36. The Balaban J connectivity index is 1.80. The molecular weight excluding hydrogens is 405 g/mol. The van der Waals surface area contributed by atoms with Crippen LogP contribution in [0.25, 0.3) is 0 Å². The number of benzene rings is 2. The van der Waals surface area contributed by atoms with Crippen molar-refractivity contribution >= 4 is 21.6 Å². The Morgan fingerprint density at radius 3 is 2.52 bits per heavy atom. The van der Waals surface area contributed by atoms with Crippen LogP contribution in [0.15, 0.2) is 35.2 Å². The van der Waals surface area contributed by atoms with Crippen LogP contribution in [-0.4, -0.2) is 31.7 Å². The monoisotopic (exact) mass is 426 g/mol. The van der Waals surface area contributed by atoms with E-state index in [1.54, 1.807) is 19.1 Å². The van der Waals surface area contributed by atoms with Gasteiger partial charge in [-0.05, 0) is 61.1 Å². The molecular formula is C20H21F3N2O3S. The van der Waals surface area contributed by atoms with E-state index in [1.807, 2.05) is 0 Å². The third kappa shape index (κ3) is 4.45. The van der Waals surface area contributed by atoms with Gasteiger partial charge in [-0.1, -0.05) is 13.0 Å². The quantitative estimate of drug-likeness (QED) is 0.688. The van der Waals surface area contributed by atoms with Gasteiger partial charge in [0.05, 0.1) is 17.1 Å². The molecule has 0 bridgehead atoms. The number of hydrogen-bond acceptors (Lipinski definition) is 3. The van der Waals surface area contributed by atoms with Crippen LogP contribution in [-0.2, 0) is 27.7 Å². The van der Waals surface area contributed by atoms with Gasteiger partial charge in [-0.3, -0.25) is 4.79 Å². The van der Waals surface area contributed by atoms with Crippen molar-refractivity contribution in [3.8, 4) is 0 Å². The van der Waals surface area contributed by atoms with E-state index < -0.39 is 45.6 Å². The molecule has 0 saturated heterocycles. The summed E-state index contributed by atoms with van der Waals surface area (Å²) in [4.78, 5) is 12.4. The summed E-state index contributed by atoms with van der Waals surface area (Å²) in [5.41, 5.74) is 1.55. The fourth-order valence-corrected chi connectivity index (χ4v) is 4.90. The molecule has 29 heavy (non-hydrogen) atoms. The molecule has 3 rings (SSSR count). The number of carbonyl (C=O) groups excluding carboxylic acids is 1. The van der Waals surface area contributed by atoms with Crippen molar-refractivity contribution in [1.29, 1.82) is 0 Å². The van der Waals surface area contributed by atoms with E-state index in [0.717, 1.165) is 40.8 Å². The van der Waals surface area contributed by atoms with Crippen molar-refractivity contribution in [1.82, 2.24) is 4.31 Å². The van der Waals surface area contributed by atoms with Crippen LogP contribution in [0.4, 0.5) is 18.9 Å². The van der Waals surface area contributed by atoms with Gasteiger partial charge in [0.1, 0.15) is 0 Å². The summed E-state index contributed by atoms with van der Waals surface area (Å²) >= 11 is 0. The Kier molecular flexibility index (Phi) is 6.28. The van der Waals surface area contributed by atoms with Crippen molar-refractivity contribution < 1.29 is 26.4 Å². The van der Waals surface area contributed by atoms with E-state index in [0.29, 0.717) is 12.5 Å². The molecule has 1 aliphatic rings. The predicted octanol–water partition coefficient (Wildman–Crippen LogP) is 3.63. The number of sulfonamides is 1. The third-order valence-corrected chi connectivity index (χ3v) is 6.65. The molecule has 0 atom stereocenters. The summed E-state index contributed by atoms with van der Waals surface area (Å²) in [5.74, 6) is -5.48. The van der Waals surface area contributed by atoms with E-state index in [9.17, 15) is 26.4 Å². The van der Waals surface area contributed by atoms with Gasteiger partial charge in [0.2, 0.25) is 15.9 Å². The first kappa shape index (κ1) is 21.3. The first-order valence-corrected chi connectivity index (χ1v) is 10.7. The number of carbonyl (C=O) groups is 1. The lowest BCUT2D eigenvalue weighted by molar-refractivity contribution is -0.116. The summed E-state index contributed by atoms with van der Waals surface area (Å²) < 4.78 is 67.2. The van der Waals surface area contributed by atoms with Crippen LogP contribution in [0.1, 0.15) is 30.9 Å². The maximum absolute atomic E-state index is 13.8. The second-order valence-corrected chi connectivity index (χ2v) is 8.83. The van der Waals surface area contributed by atoms with E-state index >= 15 is 0 Å². The van der Waals surface area contributed by atoms with Gasteiger partial charge in [-0.25, -0.2) is 21.6 Å². The minimum atomic E-state index is -3.95. The largest absolute Gasteiger partial charge is 0.322 e. The van der Waals surface area contributed by atoms with Crippen molar-refractivity contribution in [2.75, 3.05) is 18.4 Å². The highest BCUT2D eigenvalue weighted by Crippen LogP contribution is 2.26. The van der Waals surface area contributed by atoms with Gasteiger partial charge in [-0.2, -0.15) is 4.31 Å². The molecule has 156 valence electrons. The molecule has 0 aliphatic heterocycles. The molecule has 1 N–H and O–H groups in total. The van der Waals surface area contributed by atoms with Gasteiger partial charge in [0.15, 0.2) is 17.5 Å². The lowest BCUT2D eigenvalue weighted by Crippen LogP contribution is -2.38. The molecule has 0 aromatic heterocycles. The smallest absolute Gasteiger partial charge is 0.243 e. The van der Waals surface area contributed by atoms with Crippen LogP contribution in [0.3, 0.4) is 0 Å². The van der Waals surface area contributed by atoms with Crippen molar-refractivity contribution in [2.45, 2.75) is 37.5 Å². The van der Waals surface area contributed by atoms with Crippen LogP contribution in [0, 0.1) is 17.5 Å². The molecule has 1 aliphatic carbocycles. The zero-order valence-corrected chi connectivity index (χ0v) is 16.7. The first-order chi connectivity index (χ1) is 13.7. The molecule has 0 heterocycles. The molecule has 1 amide bonds. The fraction of sp³-hybridized carbons (Fsp3) is 0.350. The van der Waals surface area contributed by atoms with E-state index in [1.165, 1.54) is 6.07 Å². The predicted molar refractivity (Wildman–Crippen MR) is 102 cm³/mol. The normalized spacial score (nSPS) is 13.6. The minimum Gasteiger partial charge on any atom is -0.322 e. The minimum absolute atomic E-state index is 0.0765. The Morgan fingerprint density at radius 2 is 1.79 bits per heavy atom. The first-order valence-electron chi connectivity index (χ1n) is 9.29. The van der Waals surface area contributed by atoms with Crippen molar-refractivity contribution in [3.05, 3.63) is 58.9 Å². The number of nitrogens with zero attached hydrogens (tertiary/aromatic N) is 1. The number of nitrogens with one attached hydrogen (secondary N) is 1. The molecule has 2 aromatic rings. The number of amides is 1. The lowest BCUT2D eigenvalue weighted by Gasteiger charge is -2.21. The summed E-state index contributed by atoms with van der Waals surface area (Å²) in [7, 11) is -3.95. The second-order valence-electron chi connectivity index (χ2n) is 6.89. The summed E-state index contributed by atoms with van der Waals surface area (Å²) in [6, 6.07) is 6.50. The highest BCUT2D eigenvalue weighted by molar-refractivity contribution is 7.89. The molecule has 0 radical (unpaired) electrons. The van der Waals surface area contributed by atoms with E-state index in [4.69, 9.17) is 0 Å². The number of rotatable bonds is 7. The van der Waals surface area contributed by atoms with Crippen LogP contribution >= 0.6 is 0 Å². The lowest BCUT2D eigenvalue weighted by atomic mass is 10.1. The zero-order chi connectivity index (χ0) is 21.2. The standard InChI is InChI=1S/C20H21F3N2O3S/c1-2-10-25(12-18(26)24-17-9-8-16(21)19(22)20(17)23)29(27,28)15-7-6-13-4-3-5-14(13)11-15/h6-9,11H,2-5,10,12H2,1H3,(H,24,26). The molecule has 0 unspecified atom stereocenters. The molecule has 2 aromatic carbocycles. The molecule has 0 fully saturated rings. The Hall–Kier alpha value is -2.39. The van der Waals surface area contributed by atoms with Crippen LogP contribution in [0.2, 0.25) is 0 Å². The van der Waals surface area contributed by atoms with E-state index in [-0.39, 0.29) is 11.4 Å². The molecule has 5 nitrogen and oxygen atoms in total. The Labute approximate surface area is 167 Å². The molecule has 0 spiro atoms. The number of fused-ring (bicyclic) bond motifs is 1. The number of halogens is 3. The number of hydrogen-bond donors (Lipinski definition) is 1. The van der Waals surface area contributed by atoms with Crippen molar-refractivity contribution in [2.24, 2.45) is 0 Å². The maximum Gasteiger partial charge on any atom is 0.243 e. The number of aryl methyl sites for hydroxylation is 2. The molecule has 9 heteroatoms. The Morgan fingerprint density at radius 1 is 1.07 bits per heavy atom. The Bertz CT molecular complexity index is 1040. The number of anilines is 1. The van der Waals surface area contributed by atoms with Crippen molar-refractivity contribution in [3.63, 3.8) is 0 Å². The zero-order valence-electron chi connectivity index (χ0n) is 15.8. The SMILES string of the molecule is CCCN(CC(=O)Nc1ccc(F)c(F)c1F)S(=O)(=O)c1ccc2c(c1)CCC2. The van der Waals surface area contributed by atoms with Gasteiger partial charge in [0.25, 0.3) is 0 Å². The third-order valence-electron chi connectivity index (χ3n) is 4.81.